The first-order chi connectivity index (χ1) is 10.1. The van der Waals surface area contributed by atoms with Gasteiger partial charge in [0.15, 0.2) is 0 Å². The summed E-state index contributed by atoms with van der Waals surface area (Å²) in [5.74, 6) is -1.32. The molecule has 0 saturated carbocycles. The molecule has 0 aliphatic carbocycles. The average Bonchev–Trinajstić information content (AvgIpc) is 2.48. The van der Waals surface area contributed by atoms with Gasteiger partial charge < -0.3 is 10.4 Å². The number of pyridine rings is 1. The molecule has 0 atom stereocenters. The SMILES string of the molecule is O=C(CCc1cccnc1)Nc1ccc(Br)cc1C(=O)O. The lowest BCUT2D eigenvalue weighted by molar-refractivity contribution is -0.116. The molecule has 5 nitrogen and oxygen atoms in total. The molecule has 0 bridgehead atoms. The van der Waals surface area contributed by atoms with Crippen molar-refractivity contribution in [2.75, 3.05) is 5.32 Å². The standard InChI is InChI=1S/C15H13BrN2O3/c16-11-4-5-13(12(8-11)15(20)21)18-14(19)6-3-10-2-1-7-17-9-10/h1-2,4-5,7-9H,3,6H2,(H,18,19)(H,20,21). The second kappa shape index (κ2) is 6.99. The quantitative estimate of drug-likeness (QED) is 0.869. The minimum absolute atomic E-state index is 0.0547. The molecule has 0 fully saturated rings. The van der Waals surface area contributed by atoms with E-state index in [9.17, 15) is 9.59 Å². The molecule has 1 aromatic carbocycles. The molecule has 21 heavy (non-hydrogen) atoms. The van der Waals surface area contributed by atoms with Crippen molar-refractivity contribution in [1.29, 1.82) is 0 Å². The largest absolute Gasteiger partial charge is 0.478 e. The zero-order valence-corrected chi connectivity index (χ0v) is 12.6. The van der Waals surface area contributed by atoms with Crippen molar-refractivity contribution in [3.8, 4) is 0 Å². The Hall–Kier alpha value is -2.21. The number of nitrogens with zero attached hydrogens (tertiary/aromatic N) is 1. The second-order valence-electron chi connectivity index (χ2n) is 4.40. The van der Waals surface area contributed by atoms with Crippen LogP contribution in [0.2, 0.25) is 0 Å². The summed E-state index contributed by atoms with van der Waals surface area (Å²) >= 11 is 3.21. The Morgan fingerprint density at radius 1 is 1.29 bits per heavy atom. The molecule has 0 saturated heterocycles. The molecule has 0 spiro atoms. The third-order valence-electron chi connectivity index (χ3n) is 2.85. The van der Waals surface area contributed by atoms with Gasteiger partial charge in [0.25, 0.3) is 0 Å². The maximum atomic E-state index is 11.9. The van der Waals surface area contributed by atoms with Gasteiger partial charge in [-0.05, 0) is 36.2 Å². The lowest BCUT2D eigenvalue weighted by atomic mass is 10.1. The molecular weight excluding hydrogens is 336 g/mol. The van der Waals surface area contributed by atoms with Crippen molar-refractivity contribution in [3.63, 3.8) is 0 Å². The first-order valence-corrected chi connectivity index (χ1v) is 7.07. The molecule has 2 N–H and O–H groups in total. The van der Waals surface area contributed by atoms with Crippen LogP contribution in [-0.2, 0) is 11.2 Å². The number of nitrogens with one attached hydrogen (secondary N) is 1. The number of aromatic carboxylic acids is 1. The third kappa shape index (κ3) is 4.39. The van der Waals surface area contributed by atoms with Gasteiger partial charge in [0, 0.05) is 23.3 Å². The maximum Gasteiger partial charge on any atom is 0.337 e. The van der Waals surface area contributed by atoms with E-state index in [1.807, 2.05) is 12.1 Å². The number of benzene rings is 1. The molecular formula is C15H13BrN2O3. The molecule has 0 aliphatic heterocycles. The lowest BCUT2D eigenvalue weighted by Crippen LogP contribution is -2.15. The van der Waals surface area contributed by atoms with Crippen molar-refractivity contribution in [3.05, 3.63) is 58.3 Å². The Balaban J connectivity index is 2.01. The number of hydrogen-bond donors (Lipinski definition) is 2. The summed E-state index contributed by atoms with van der Waals surface area (Å²) in [6, 6.07) is 8.41. The monoisotopic (exact) mass is 348 g/mol. The molecule has 1 aromatic heterocycles. The van der Waals surface area contributed by atoms with E-state index in [1.54, 1.807) is 24.5 Å². The Kier molecular flexibility index (Phi) is 5.05. The van der Waals surface area contributed by atoms with Crippen LogP contribution in [0.1, 0.15) is 22.3 Å². The minimum Gasteiger partial charge on any atom is -0.478 e. The minimum atomic E-state index is -1.08. The van der Waals surface area contributed by atoms with Gasteiger partial charge in [-0.15, -0.1) is 0 Å². The van der Waals surface area contributed by atoms with Crippen LogP contribution in [0.25, 0.3) is 0 Å². The number of aryl methyl sites for hydroxylation is 1. The Labute approximate surface area is 130 Å². The molecule has 0 aliphatic rings. The fourth-order valence-corrected chi connectivity index (χ4v) is 2.18. The van der Waals surface area contributed by atoms with Crippen LogP contribution in [-0.4, -0.2) is 22.0 Å². The summed E-state index contributed by atoms with van der Waals surface area (Å²) in [6.45, 7) is 0. The van der Waals surface area contributed by atoms with E-state index in [2.05, 4.69) is 26.2 Å². The number of rotatable bonds is 5. The Bertz CT molecular complexity index is 659. The average molecular weight is 349 g/mol. The number of carbonyl (C=O) groups excluding carboxylic acids is 1. The van der Waals surface area contributed by atoms with Gasteiger partial charge in [0.2, 0.25) is 5.91 Å². The van der Waals surface area contributed by atoms with Crippen LogP contribution >= 0.6 is 15.9 Å². The van der Waals surface area contributed by atoms with Crippen LogP contribution < -0.4 is 5.32 Å². The highest BCUT2D eigenvalue weighted by Gasteiger charge is 2.13. The fraction of sp³-hybridized carbons (Fsp3) is 0.133. The Morgan fingerprint density at radius 2 is 2.10 bits per heavy atom. The predicted octanol–water partition coefficient (Wildman–Crippen LogP) is 3.11. The highest BCUT2D eigenvalue weighted by molar-refractivity contribution is 9.10. The molecule has 0 radical (unpaired) electrons. The second-order valence-corrected chi connectivity index (χ2v) is 5.32. The van der Waals surface area contributed by atoms with Crippen LogP contribution in [0.4, 0.5) is 5.69 Å². The number of anilines is 1. The number of carbonyl (C=O) groups is 2. The van der Waals surface area contributed by atoms with E-state index in [4.69, 9.17) is 5.11 Å². The zero-order valence-electron chi connectivity index (χ0n) is 11.0. The summed E-state index contributed by atoms with van der Waals surface area (Å²) in [6.07, 6.45) is 4.19. The van der Waals surface area contributed by atoms with Gasteiger partial charge in [-0.2, -0.15) is 0 Å². The Morgan fingerprint density at radius 3 is 2.76 bits per heavy atom. The topological polar surface area (TPSA) is 79.3 Å². The van der Waals surface area contributed by atoms with Gasteiger partial charge in [0.05, 0.1) is 11.3 Å². The van der Waals surface area contributed by atoms with E-state index >= 15 is 0 Å². The van der Waals surface area contributed by atoms with Crippen LogP contribution in [0.3, 0.4) is 0 Å². The van der Waals surface area contributed by atoms with E-state index < -0.39 is 5.97 Å². The van der Waals surface area contributed by atoms with Gasteiger partial charge in [0.1, 0.15) is 0 Å². The van der Waals surface area contributed by atoms with Crippen molar-refractivity contribution in [2.24, 2.45) is 0 Å². The van der Waals surface area contributed by atoms with Crippen molar-refractivity contribution < 1.29 is 14.7 Å². The lowest BCUT2D eigenvalue weighted by Gasteiger charge is -2.09. The number of halogens is 1. The number of carboxylic acid groups (broad SMARTS) is 1. The molecule has 2 aromatic rings. The first-order valence-electron chi connectivity index (χ1n) is 6.28. The fourth-order valence-electron chi connectivity index (χ4n) is 1.82. The van der Waals surface area contributed by atoms with Crippen LogP contribution in [0.15, 0.2) is 47.2 Å². The third-order valence-corrected chi connectivity index (χ3v) is 3.34. The summed E-state index contributed by atoms with van der Waals surface area (Å²) in [5, 5.41) is 11.8. The van der Waals surface area contributed by atoms with Crippen molar-refractivity contribution >= 4 is 33.5 Å². The highest BCUT2D eigenvalue weighted by Crippen LogP contribution is 2.21. The summed E-state index contributed by atoms with van der Waals surface area (Å²) in [5.41, 5.74) is 1.31. The summed E-state index contributed by atoms with van der Waals surface area (Å²) in [4.78, 5) is 27.0. The first kappa shape index (κ1) is 15.2. The number of carboxylic acids is 1. The van der Waals surface area contributed by atoms with Gasteiger partial charge in [-0.1, -0.05) is 22.0 Å². The predicted molar refractivity (Wildman–Crippen MR) is 82.3 cm³/mol. The highest BCUT2D eigenvalue weighted by atomic mass is 79.9. The van der Waals surface area contributed by atoms with Gasteiger partial charge in [-0.3, -0.25) is 9.78 Å². The zero-order chi connectivity index (χ0) is 15.2. The smallest absolute Gasteiger partial charge is 0.337 e. The van der Waals surface area contributed by atoms with E-state index in [-0.39, 0.29) is 17.9 Å². The summed E-state index contributed by atoms with van der Waals surface area (Å²) in [7, 11) is 0. The number of aromatic nitrogens is 1. The molecule has 2 rings (SSSR count). The maximum absolute atomic E-state index is 11.9. The van der Waals surface area contributed by atoms with E-state index in [0.717, 1.165) is 5.56 Å². The van der Waals surface area contributed by atoms with Crippen LogP contribution in [0.5, 0.6) is 0 Å². The van der Waals surface area contributed by atoms with Crippen molar-refractivity contribution in [2.45, 2.75) is 12.8 Å². The molecule has 6 heteroatoms. The molecule has 1 heterocycles. The van der Waals surface area contributed by atoms with Crippen molar-refractivity contribution in [1.82, 2.24) is 4.98 Å². The normalized spacial score (nSPS) is 10.1. The van der Waals surface area contributed by atoms with Gasteiger partial charge >= 0.3 is 5.97 Å². The van der Waals surface area contributed by atoms with Crippen LogP contribution in [0, 0.1) is 0 Å². The summed E-state index contributed by atoms with van der Waals surface area (Å²) < 4.78 is 0.647. The van der Waals surface area contributed by atoms with E-state index in [1.165, 1.54) is 6.07 Å². The van der Waals surface area contributed by atoms with Gasteiger partial charge in [-0.25, -0.2) is 4.79 Å². The number of amides is 1. The molecule has 0 unspecified atom stereocenters. The van der Waals surface area contributed by atoms with E-state index in [0.29, 0.717) is 16.6 Å². The molecule has 108 valence electrons. The number of hydrogen-bond acceptors (Lipinski definition) is 3. The molecule has 1 amide bonds.